The smallest absolute Gasteiger partial charge is 0.256 e. The van der Waals surface area contributed by atoms with E-state index < -0.39 is 0 Å². The fraction of sp³-hybridized carbons (Fsp3) is 0.185. The lowest BCUT2D eigenvalue weighted by Crippen LogP contribution is -2.31. The number of carbonyl (C=O) groups is 1. The molecule has 4 aromatic heterocycles. The minimum absolute atomic E-state index is 0.0747. The summed E-state index contributed by atoms with van der Waals surface area (Å²) in [7, 11) is 1.91. The second-order valence-corrected chi connectivity index (χ2v) is 8.57. The van der Waals surface area contributed by atoms with Crippen LogP contribution >= 0.6 is 0 Å². The number of rotatable bonds is 7. The first kappa shape index (κ1) is 23.1. The maximum Gasteiger partial charge on any atom is 0.256 e. The van der Waals surface area contributed by atoms with Crippen LogP contribution in [-0.2, 0) is 13.6 Å². The van der Waals surface area contributed by atoms with Gasteiger partial charge in [-0.2, -0.15) is 5.10 Å². The highest BCUT2D eigenvalue weighted by atomic mass is 16.2. The summed E-state index contributed by atoms with van der Waals surface area (Å²) >= 11 is 0. The zero-order valence-electron chi connectivity index (χ0n) is 20.5. The van der Waals surface area contributed by atoms with Gasteiger partial charge in [0.1, 0.15) is 11.3 Å². The molecule has 0 unspecified atom stereocenters. The number of H-pyrrole nitrogens is 2. The number of amides is 1. The van der Waals surface area contributed by atoms with E-state index >= 15 is 0 Å². The zero-order valence-corrected chi connectivity index (χ0v) is 20.5. The highest BCUT2D eigenvalue weighted by Crippen LogP contribution is 2.30. The van der Waals surface area contributed by atoms with Gasteiger partial charge in [-0.15, -0.1) is 0 Å². The second-order valence-electron chi connectivity index (χ2n) is 8.57. The van der Waals surface area contributed by atoms with Gasteiger partial charge in [-0.3, -0.25) is 9.89 Å². The number of nitrogen functional groups attached to an aromatic ring is 1. The Kier molecular flexibility index (Phi) is 5.89. The first-order valence-corrected chi connectivity index (χ1v) is 11.8. The number of anilines is 1. The van der Waals surface area contributed by atoms with Crippen molar-refractivity contribution in [3.63, 3.8) is 0 Å². The van der Waals surface area contributed by atoms with Gasteiger partial charge in [-0.05, 0) is 38.1 Å². The largest absolute Gasteiger partial charge is 0.382 e. The van der Waals surface area contributed by atoms with E-state index in [9.17, 15) is 4.79 Å². The number of fused-ring (bicyclic) bond motifs is 3. The molecule has 0 atom stereocenters. The van der Waals surface area contributed by atoms with Gasteiger partial charge >= 0.3 is 0 Å². The van der Waals surface area contributed by atoms with Crippen molar-refractivity contribution in [3.8, 4) is 11.3 Å². The third-order valence-corrected chi connectivity index (χ3v) is 6.34. The topological polar surface area (TPSA) is 122 Å². The van der Waals surface area contributed by atoms with E-state index in [1.165, 1.54) is 0 Å². The molecule has 0 saturated heterocycles. The van der Waals surface area contributed by atoms with Gasteiger partial charge in [0.25, 0.3) is 5.91 Å². The number of aryl methyl sites for hydroxylation is 1. The predicted molar refractivity (Wildman–Crippen MR) is 144 cm³/mol. The van der Waals surface area contributed by atoms with Crippen LogP contribution < -0.4 is 5.73 Å². The summed E-state index contributed by atoms with van der Waals surface area (Å²) in [6.07, 6.45) is 9.26. The van der Waals surface area contributed by atoms with Crippen molar-refractivity contribution >= 4 is 45.8 Å². The molecule has 4 heterocycles. The molecule has 36 heavy (non-hydrogen) atoms. The van der Waals surface area contributed by atoms with E-state index in [2.05, 4.69) is 26.7 Å². The number of nitrogens with one attached hydrogen (secondary N) is 2. The van der Waals surface area contributed by atoms with Crippen molar-refractivity contribution in [3.05, 3.63) is 72.0 Å². The number of aromatic nitrogens is 6. The normalized spacial score (nSPS) is 11.6. The Hall–Kier alpha value is -4.66. The molecule has 182 valence electrons. The van der Waals surface area contributed by atoms with Gasteiger partial charge in [0.05, 0.1) is 28.8 Å². The van der Waals surface area contributed by atoms with E-state index in [0.717, 1.165) is 38.9 Å². The summed E-state index contributed by atoms with van der Waals surface area (Å²) in [5.41, 5.74) is 12.6. The third-order valence-electron chi connectivity index (χ3n) is 6.34. The molecule has 0 bridgehead atoms. The predicted octanol–water partition coefficient (Wildman–Crippen LogP) is 4.76. The van der Waals surface area contributed by atoms with Crippen LogP contribution in [-0.4, -0.2) is 47.1 Å². The van der Waals surface area contributed by atoms with Crippen molar-refractivity contribution in [2.24, 2.45) is 7.05 Å². The highest BCUT2D eigenvalue weighted by Gasteiger charge is 2.23. The molecule has 5 rings (SSSR count). The van der Waals surface area contributed by atoms with E-state index in [1.807, 2.05) is 68.1 Å². The summed E-state index contributed by atoms with van der Waals surface area (Å²) in [5.74, 6) is 0.905. The van der Waals surface area contributed by atoms with Gasteiger partial charge < -0.3 is 20.2 Å². The van der Waals surface area contributed by atoms with Crippen LogP contribution in [0.15, 0.2) is 49.3 Å². The Morgan fingerprint density at radius 1 is 1.28 bits per heavy atom. The molecule has 1 aromatic carbocycles. The summed E-state index contributed by atoms with van der Waals surface area (Å²) in [4.78, 5) is 28.0. The molecule has 1 amide bonds. The van der Waals surface area contributed by atoms with Crippen LogP contribution in [0, 0.1) is 0 Å². The van der Waals surface area contributed by atoms with Gasteiger partial charge in [0.2, 0.25) is 0 Å². The van der Waals surface area contributed by atoms with Crippen molar-refractivity contribution < 1.29 is 4.79 Å². The third kappa shape index (κ3) is 3.84. The number of hydrogen-bond donors (Lipinski definition) is 3. The fourth-order valence-corrected chi connectivity index (χ4v) is 4.58. The van der Waals surface area contributed by atoms with Crippen LogP contribution in [0.2, 0.25) is 0 Å². The molecule has 4 N–H and O–H groups in total. The van der Waals surface area contributed by atoms with Crippen LogP contribution in [0.3, 0.4) is 0 Å². The lowest BCUT2D eigenvalue weighted by atomic mass is 10.1. The van der Waals surface area contributed by atoms with E-state index in [1.54, 1.807) is 17.2 Å². The van der Waals surface area contributed by atoms with E-state index in [4.69, 9.17) is 10.7 Å². The van der Waals surface area contributed by atoms with Crippen LogP contribution in [0.4, 0.5) is 5.82 Å². The molecule has 0 fully saturated rings. The lowest BCUT2D eigenvalue weighted by molar-refractivity contribution is 0.0748. The van der Waals surface area contributed by atoms with Gasteiger partial charge in [-0.1, -0.05) is 24.8 Å². The maximum absolute atomic E-state index is 13.6. The molecule has 5 aromatic rings. The number of imidazole rings is 1. The summed E-state index contributed by atoms with van der Waals surface area (Å²) in [5, 5.41) is 7.98. The van der Waals surface area contributed by atoms with Crippen LogP contribution in [0.5, 0.6) is 0 Å². The SMILES string of the molecule is C=Cc1c(/C=C\C)c(C(=O)N(CC)Cc2nc3c(N)nc4cc(-c5cc[nH]n5)ccc4c3[nH]2)cn1C. The molecule has 0 saturated carbocycles. The molecule has 0 spiro atoms. The van der Waals surface area contributed by atoms with Gasteiger partial charge in [-0.25, -0.2) is 9.97 Å². The Bertz CT molecular complexity index is 1620. The standard InChI is InChI=1S/C27H28N8O/c1-5-8-17-19(14-34(4)22(17)6-2)27(36)35(7-3)15-23-31-24-18-10-9-16(20-11-12-29-33-20)13-21(18)30-26(28)25(24)32-23/h5-6,8-14H,2,7,15H2,1,3-4H3,(H2,28,30)(H,29,33)(H,31,32)/b8-5-. The fourth-order valence-electron chi connectivity index (χ4n) is 4.58. The monoisotopic (exact) mass is 480 g/mol. The molecule has 0 radical (unpaired) electrons. The first-order chi connectivity index (χ1) is 17.4. The number of benzene rings is 1. The number of nitrogens with zero attached hydrogens (tertiary/aromatic N) is 5. The van der Waals surface area contributed by atoms with Crippen LogP contribution in [0.25, 0.3) is 45.3 Å². The number of aromatic amines is 2. The zero-order chi connectivity index (χ0) is 25.4. The van der Waals surface area contributed by atoms with Crippen molar-refractivity contribution in [1.82, 2.24) is 34.6 Å². The second kappa shape index (κ2) is 9.18. The van der Waals surface area contributed by atoms with Gasteiger partial charge in [0.15, 0.2) is 5.82 Å². The van der Waals surface area contributed by atoms with E-state index in [0.29, 0.717) is 35.8 Å². The molecule has 9 nitrogen and oxygen atoms in total. The van der Waals surface area contributed by atoms with Crippen LogP contribution in [0.1, 0.15) is 41.3 Å². The summed E-state index contributed by atoms with van der Waals surface area (Å²) in [6, 6.07) is 7.84. The molecule has 0 aliphatic heterocycles. The minimum atomic E-state index is -0.0747. The average Bonchev–Trinajstić information content (AvgIpc) is 3.61. The highest BCUT2D eigenvalue weighted by molar-refractivity contribution is 6.07. The summed E-state index contributed by atoms with van der Waals surface area (Å²) in [6.45, 7) is 8.61. The molecular formula is C27H28N8O. The molecular weight excluding hydrogens is 452 g/mol. The molecule has 9 heteroatoms. The van der Waals surface area contributed by atoms with Gasteiger partial charge in [0, 0.05) is 48.2 Å². The Balaban J connectivity index is 1.51. The molecule has 0 aliphatic rings. The average molecular weight is 481 g/mol. The number of allylic oxidation sites excluding steroid dienone is 1. The lowest BCUT2D eigenvalue weighted by Gasteiger charge is -2.19. The Morgan fingerprint density at radius 2 is 2.11 bits per heavy atom. The first-order valence-electron chi connectivity index (χ1n) is 11.8. The number of carbonyl (C=O) groups excluding carboxylic acids is 1. The Morgan fingerprint density at radius 3 is 2.81 bits per heavy atom. The van der Waals surface area contributed by atoms with Crippen molar-refractivity contribution in [1.29, 1.82) is 0 Å². The number of pyridine rings is 1. The molecule has 0 aliphatic carbocycles. The van der Waals surface area contributed by atoms with Crippen molar-refractivity contribution in [2.75, 3.05) is 12.3 Å². The minimum Gasteiger partial charge on any atom is -0.382 e. The number of nitrogens with two attached hydrogens (primary N) is 1. The van der Waals surface area contributed by atoms with Crippen molar-refractivity contribution in [2.45, 2.75) is 20.4 Å². The Labute approximate surface area is 208 Å². The quantitative estimate of drug-likeness (QED) is 0.310. The van der Waals surface area contributed by atoms with E-state index in [-0.39, 0.29) is 5.91 Å². The maximum atomic E-state index is 13.6. The number of hydrogen-bond acceptors (Lipinski definition) is 5. The summed E-state index contributed by atoms with van der Waals surface area (Å²) < 4.78 is 1.92.